The fraction of sp³-hybridized carbons (Fsp3) is 0.0714. The molecular weight excluding hydrogens is 460 g/mol. The molecule has 1 amide bonds. The second-order valence-corrected chi connectivity index (χ2v) is 7.79. The standard InChI is InChI=1S/C28H24N2O4S/c31-27(21-8-7-13-26(20-21)33-19-18-32-23-9-3-1-4-10-23)30-28(35)29-22-14-16-25(17-15-22)34-24-11-5-2-6-12-24/h1-17,20H,18-19H2,(H2,29,30,31,35). The van der Waals surface area contributed by atoms with Crippen LogP contribution in [0, 0.1) is 0 Å². The highest BCUT2D eigenvalue weighted by Crippen LogP contribution is 2.22. The van der Waals surface area contributed by atoms with Gasteiger partial charge < -0.3 is 19.5 Å². The van der Waals surface area contributed by atoms with Crippen LogP contribution in [0.1, 0.15) is 10.4 Å². The van der Waals surface area contributed by atoms with Gasteiger partial charge in [-0.1, -0.05) is 42.5 Å². The molecule has 0 saturated carbocycles. The van der Waals surface area contributed by atoms with Crippen molar-refractivity contribution in [3.05, 3.63) is 115 Å². The van der Waals surface area contributed by atoms with Crippen LogP contribution in [0.3, 0.4) is 0 Å². The first kappa shape index (κ1) is 23.8. The summed E-state index contributed by atoms with van der Waals surface area (Å²) in [7, 11) is 0. The number of hydrogen-bond donors (Lipinski definition) is 2. The number of carbonyl (C=O) groups excluding carboxylic acids is 1. The van der Waals surface area contributed by atoms with Gasteiger partial charge in [-0.25, -0.2) is 0 Å². The minimum atomic E-state index is -0.336. The van der Waals surface area contributed by atoms with E-state index in [0.29, 0.717) is 30.3 Å². The summed E-state index contributed by atoms with van der Waals surface area (Å²) < 4.78 is 17.1. The first-order valence-corrected chi connectivity index (χ1v) is 11.4. The minimum absolute atomic E-state index is 0.189. The van der Waals surface area contributed by atoms with Crippen LogP contribution in [-0.2, 0) is 0 Å². The highest BCUT2D eigenvalue weighted by atomic mass is 32.1. The van der Waals surface area contributed by atoms with Crippen molar-refractivity contribution >= 4 is 28.9 Å². The zero-order valence-electron chi connectivity index (χ0n) is 18.8. The topological polar surface area (TPSA) is 68.8 Å². The summed E-state index contributed by atoms with van der Waals surface area (Å²) in [6, 6.07) is 33.2. The second-order valence-electron chi connectivity index (χ2n) is 7.39. The third-order valence-corrected chi connectivity index (χ3v) is 4.98. The molecule has 0 bridgehead atoms. The van der Waals surface area contributed by atoms with Crippen molar-refractivity contribution in [1.29, 1.82) is 0 Å². The third-order valence-electron chi connectivity index (χ3n) is 4.78. The van der Waals surface area contributed by atoms with Crippen molar-refractivity contribution in [3.8, 4) is 23.0 Å². The quantitative estimate of drug-likeness (QED) is 0.222. The fourth-order valence-electron chi connectivity index (χ4n) is 3.13. The number of thiocarbonyl (C=S) groups is 1. The van der Waals surface area contributed by atoms with Crippen molar-refractivity contribution in [2.45, 2.75) is 0 Å². The summed E-state index contributed by atoms with van der Waals surface area (Å²) in [6.45, 7) is 0.744. The van der Waals surface area contributed by atoms with E-state index < -0.39 is 0 Å². The van der Waals surface area contributed by atoms with E-state index in [0.717, 1.165) is 17.2 Å². The van der Waals surface area contributed by atoms with Gasteiger partial charge in [-0.2, -0.15) is 0 Å². The molecule has 2 N–H and O–H groups in total. The van der Waals surface area contributed by atoms with Crippen LogP contribution in [-0.4, -0.2) is 24.2 Å². The number of amides is 1. The Morgan fingerprint density at radius 1 is 0.657 bits per heavy atom. The molecule has 0 aliphatic carbocycles. The van der Waals surface area contributed by atoms with Crippen molar-refractivity contribution in [2.75, 3.05) is 18.5 Å². The van der Waals surface area contributed by atoms with Crippen molar-refractivity contribution in [3.63, 3.8) is 0 Å². The summed E-state index contributed by atoms with van der Waals surface area (Å²) in [6.07, 6.45) is 0. The fourth-order valence-corrected chi connectivity index (χ4v) is 3.34. The lowest BCUT2D eigenvalue weighted by molar-refractivity contribution is 0.0977. The first-order valence-electron chi connectivity index (χ1n) is 11.0. The van der Waals surface area contributed by atoms with E-state index in [1.807, 2.05) is 84.9 Å². The Hall–Kier alpha value is -4.36. The van der Waals surface area contributed by atoms with Gasteiger partial charge in [0.25, 0.3) is 5.91 Å². The molecule has 176 valence electrons. The Morgan fingerprint density at radius 2 is 1.23 bits per heavy atom. The highest BCUT2D eigenvalue weighted by molar-refractivity contribution is 7.80. The molecule has 0 radical (unpaired) electrons. The van der Waals surface area contributed by atoms with E-state index in [1.54, 1.807) is 24.3 Å². The normalized spacial score (nSPS) is 10.2. The Bertz CT molecular complexity index is 1250. The second kappa shape index (κ2) is 12.2. The predicted molar refractivity (Wildman–Crippen MR) is 141 cm³/mol. The molecular formula is C28H24N2O4S. The van der Waals surface area contributed by atoms with Gasteiger partial charge in [0.2, 0.25) is 0 Å². The van der Waals surface area contributed by atoms with Gasteiger partial charge in [-0.05, 0) is 78.9 Å². The molecule has 4 rings (SSSR count). The van der Waals surface area contributed by atoms with Crippen molar-refractivity contribution in [1.82, 2.24) is 5.32 Å². The minimum Gasteiger partial charge on any atom is -0.490 e. The zero-order chi connectivity index (χ0) is 24.3. The molecule has 0 aliphatic heterocycles. The van der Waals surface area contributed by atoms with Crippen LogP contribution in [0.4, 0.5) is 5.69 Å². The zero-order valence-corrected chi connectivity index (χ0v) is 19.7. The highest BCUT2D eigenvalue weighted by Gasteiger charge is 2.09. The number of hydrogen-bond acceptors (Lipinski definition) is 5. The van der Waals surface area contributed by atoms with E-state index in [2.05, 4.69) is 10.6 Å². The Balaban J connectivity index is 1.24. The largest absolute Gasteiger partial charge is 0.490 e. The summed E-state index contributed by atoms with van der Waals surface area (Å²) in [5.41, 5.74) is 1.16. The van der Waals surface area contributed by atoms with Crippen LogP contribution in [0.25, 0.3) is 0 Å². The Labute approximate surface area is 209 Å². The van der Waals surface area contributed by atoms with Gasteiger partial charge in [-0.3, -0.25) is 10.1 Å². The van der Waals surface area contributed by atoms with Gasteiger partial charge in [0.15, 0.2) is 5.11 Å². The predicted octanol–water partition coefficient (Wildman–Crippen LogP) is 6.06. The summed E-state index contributed by atoms with van der Waals surface area (Å²) in [5, 5.41) is 5.88. The number of anilines is 1. The van der Waals surface area contributed by atoms with E-state index in [1.165, 1.54) is 0 Å². The summed E-state index contributed by atoms with van der Waals surface area (Å²) in [4.78, 5) is 12.6. The molecule has 0 unspecified atom stereocenters. The molecule has 6 nitrogen and oxygen atoms in total. The molecule has 0 fully saturated rings. The van der Waals surface area contributed by atoms with E-state index in [-0.39, 0.29) is 11.0 Å². The van der Waals surface area contributed by atoms with Crippen LogP contribution in [0.2, 0.25) is 0 Å². The number of carbonyl (C=O) groups is 1. The molecule has 0 heterocycles. The average Bonchev–Trinajstić information content (AvgIpc) is 2.89. The molecule has 0 aliphatic rings. The van der Waals surface area contributed by atoms with Crippen LogP contribution >= 0.6 is 12.2 Å². The SMILES string of the molecule is O=C(NC(=S)Nc1ccc(Oc2ccccc2)cc1)c1cccc(OCCOc2ccccc2)c1. The van der Waals surface area contributed by atoms with Crippen molar-refractivity contribution in [2.24, 2.45) is 0 Å². The Morgan fingerprint density at radius 3 is 1.91 bits per heavy atom. The number of para-hydroxylation sites is 2. The number of ether oxygens (including phenoxy) is 3. The van der Waals surface area contributed by atoms with Gasteiger partial charge in [-0.15, -0.1) is 0 Å². The number of rotatable bonds is 9. The van der Waals surface area contributed by atoms with Crippen LogP contribution in [0.5, 0.6) is 23.0 Å². The van der Waals surface area contributed by atoms with Crippen LogP contribution < -0.4 is 24.8 Å². The Kier molecular flexibility index (Phi) is 8.29. The number of nitrogens with one attached hydrogen (secondary N) is 2. The average molecular weight is 485 g/mol. The number of benzene rings is 4. The smallest absolute Gasteiger partial charge is 0.257 e. The summed E-state index contributed by atoms with van der Waals surface area (Å²) >= 11 is 5.29. The van der Waals surface area contributed by atoms with Gasteiger partial charge in [0.1, 0.15) is 36.2 Å². The lowest BCUT2D eigenvalue weighted by atomic mass is 10.2. The lowest BCUT2D eigenvalue weighted by Gasteiger charge is -2.12. The van der Waals surface area contributed by atoms with Crippen molar-refractivity contribution < 1.29 is 19.0 Å². The van der Waals surface area contributed by atoms with Gasteiger partial charge in [0.05, 0.1) is 0 Å². The lowest BCUT2D eigenvalue weighted by Crippen LogP contribution is -2.34. The summed E-state index contributed by atoms with van der Waals surface area (Å²) in [5.74, 6) is 2.47. The molecule has 4 aromatic rings. The maximum atomic E-state index is 12.6. The van der Waals surface area contributed by atoms with E-state index in [9.17, 15) is 4.79 Å². The molecule has 0 aromatic heterocycles. The maximum absolute atomic E-state index is 12.6. The molecule has 0 atom stereocenters. The van der Waals surface area contributed by atoms with E-state index >= 15 is 0 Å². The van der Waals surface area contributed by atoms with Gasteiger partial charge >= 0.3 is 0 Å². The molecule has 0 spiro atoms. The maximum Gasteiger partial charge on any atom is 0.257 e. The molecule has 7 heteroatoms. The van der Waals surface area contributed by atoms with Gasteiger partial charge in [0, 0.05) is 11.3 Å². The van der Waals surface area contributed by atoms with Crippen LogP contribution in [0.15, 0.2) is 109 Å². The molecule has 4 aromatic carbocycles. The monoisotopic (exact) mass is 484 g/mol. The third kappa shape index (κ3) is 7.58. The molecule has 35 heavy (non-hydrogen) atoms. The van der Waals surface area contributed by atoms with E-state index in [4.69, 9.17) is 26.4 Å². The molecule has 0 saturated heterocycles. The first-order chi connectivity index (χ1) is 17.2.